The van der Waals surface area contributed by atoms with Gasteiger partial charge in [-0.2, -0.15) is 0 Å². The van der Waals surface area contributed by atoms with Crippen LogP contribution in [0.3, 0.4) is 0 Å². The Balaban J connectivity index is 0.000000170. The number of aromatic nitrogens is 2. The fraction of sp³-hybridized carbons (Fsp3) is 0.431. The number of likely N-dealkylation sites (tertiary alicyclic amines) is 1. The number of esters is 1. The van der Waals surface area contributed by atoms with E-state index in [2.05, 4.69) is 22.3 Å². The summed E-state index contributed by atoms with van der Waals surface area (Å²) in [4.78, 5) is 76.1. The minimum atomic E-state index is -4.83. The van der Waals surface area contributed by atoms with Crippen LogP contribution in [-0.4, -0.2) is 83.9 Å². The van der Waals surface area contributed by atoms with Crippen LogP contribution in [0.4, 0.5) is 4.39 Å². The van der Waals surface area contributed by atoms with Crippen molar-refractivity contribution in [2.75, 3.05) is 20.1 Å². The number of phosphoric acid groups is 1. The predicted molar refractivity (Wildman–Crippen MR) is 254 cm³/mol. The van der Waals surface area contributed by atoms with Crippen molar-refractivity contribution in [3.63, 3.8) is 0 Å². The predicted octanol–water partition coefficient (Wildman–Crippen LogP) is 6.48. The number of phosphoric ester groups is 1. The number of benzene rings is 3. The second kappa shape index (κ2) is 18.6. The zero-order chi connectivity index (χ0) is 50.1. The van der Waals surface area contributed by atoms with E-state index in [1.165, 1.54) is 17.7 Å². The molecule has 5 aromatic rings. The summed E-state index contributed by atoms with van der Waals surface area (Å²) in [6, 6.07) is 12.0. The van der Waals surface area contributed by atoms with Crippen LogP contribution in [-0.2, 0) is 62.8 Å². The molecule has 370 valence electrons. The van der Waals surface area contributed by atoms with Gasteiger partial charge in [0.2, 0.25) is 0 Å². The number of pyridine rings is 2. The summed E-state index contributed by atoms with van der Waals surface area (Å²) in [5, 5.41) is 25.1. The number of halogens is 1. The first-order chi connectivity index (χ1) is 33.4. The Labute approximate surface area is 403 Å². The molecule has 0 radical (unpaired) electrons. The average molecular weight is 982 g/mol. The third-order valence-electron chi connectivity index (χ3n) is 14.6. The maximum atomic E-state index is 14.7. The van der Waals surface area contributed by atoms with Crippen LogP contribution in [0.15, 0.2) is 47.3 Å². The van der Waals surface area contributed by atoms with Crippen molar-refractivity contribution in [3.05, 3.63) is 120 Å². The van der Waals surface area contributed by atoms with Crippen LogP contribution in [0.5, 0.6) is 11.5 Å². The molecule has 6 heterocycles. The number of aliphatic hydroxyl groups is 1. The molecule has 1 saturated carbocycles. The Bertz CT molecular complexity index is 3080. The summed E-state index contributed by atoms with van der Waals surface area (Å²) < 4.78 is 42.4. The van der Waals surface area contributed by atoms with E-state index in [1.54, 1.807) is 22.5 Å². The van der Waals surface area contributed by atoms with Gasteiger partial charge in [-0.25, -0.2) is 18.7 Å². The van der Waals surface area contributed by atoms with Crippen molar-refractivity contribution >= 4 is 37.1 Å². The zero-order valence-corrected chi connectivity index (χ0v) is 40.8. The topological polar surface area (TPSA) is 230 Å². The fourth-order valence-electron chi connectivity index (χ4n) is 11.3. The van der Waals surface area contributed by atoms with E-state index in [4.69, 9.17) is 19.0 Å². The molecular weight excluding hydrogens is 925 g/mol. The number of carbonyl (C=O) groups is 3. The lowest BCUT2D eigenvalue weighted by atomic mass is 9.61. The minimum Gasteiger partial charge on any atom is -0.507 e. The van der Waals surface area contributed by atoms with Gasteiger partial charge in [-0.05, 0) is 96.6 Å². The van der Waals surface area contributed by atoms with E-state index in [0.717, 1.165) is 84.6 Å². The second-order valence-corrected chi connectivity index (χ2v) is 20.4. The van der Waals surface area contributed by atoms with Gasteiger partial charge < -0.3 is 39.0 Å². The number of ether oxygens (including phenoxy) is 2. The number of hydrogen-bond acceptors (Lipinski definition) is 13. The number of phenols is 1. The third-order valence-corrected chi connectivity index (χ3v) is 15.0. The fourth-order valence-corrected chi connectivity index (χ4v) is 11.7. The van der Waals surface area contributed by atoms with Crippen molar-refractivity contribution in [1.82, 2.24) is 24.7 Å². The Morgan fingerprint density at radius 3 is 2.46 bits per heavy atom. The average Bonchev–Trinajstić information content (AvgIpc) is 3.90. The molecule has 2 fully saturated rings. The van der Waals surface area contributed by atoms with E-state index in [-0.39, 0.29) is 69.8 Å². The number of phenolic OH excluding ortho intramolecular Hbond substituents is 1. The summed E-state index contributed by atoms with van der Waals surface area (Å²) in [7, 11) is -2.93. The van der Waals surface area contributed by atoms with E-state index < -0.39 is 25.6 Å². The van der Waals surface area contributed by atoms with Crippen LogP contribution in [0.2, 0.25) is 0 Å². The molecule has 3 aromatic carbocycles. The highest BCUT2D eigenvalue weighted by molar-refractivity contribution is 7.46. The van der Waals surface area contributed by atoms with Gasteiger partial charge in [0.05, 0.1) is 34.6 Å². The molecule has 4 aliphatic heterocycles. The highest BCUT2D eigenvalue weighted by atomic mass is 31.2. The van der Waals surface area contributed by atoms with Crippen molar-refractivity contribution in [1.29, 1.82) is 0 Å². The van der Waals surface area contributed by atoms with Crippen molar-refractivity contribution in [3.8, 4) is 22.9 Å². The first-order valence-corrected chi connectivity index (χ1v) is 25.2. The number of aliphatic hydroxyl groups excluding tert-OH is 1. The molecule has 11 rings (SSSR count). The molecule has 1 amide bonds. The van der Waals surface area contributed by atoms with Crippen molar-refractivity contribution in [2.45, 2.75) is 117 Å². The van der Waals surface area contributed by atoms with Crippen LogP contribution in [0.1, 0.15) is 131 Å². The monoisotopic (exact) mass is 981 g/mol. The molecule has 2 aromatic heterocycles. The molecule has 17 nitrogen and oxygen atoms in total. The smallest absolute Gasteiger partial charge is 0.507 e. The van der Waals surface area contributed by atoms with Crippen LogP contribution in [0, 0.1) is 18.2 Å². The molecule has 5 N–H and O–H groups in total. The summed E-state index contributed by atoms with van der Waals surface area (Å²) in [5.74, 6) is -2.15. The first-order valence-electron chi connectivity index (χ1n) is 23.6. The number of amides is 1. The first kappa shape index (κ1) is 49.0. The number of nitrogens with zero attached hydrogens (tertiary/aromatic N) is 4. The van der Waals surface area contributed by atoms with Crippen LogP contribution < -0.4 is 15.4 Å². The maximum Gasteiger partial charge on any atom is 0.524 e. The zero-order valence-electron chi connectivity index (χ0n) is 39.9. The minimum absolute atomic E-state index is 0.0618. The number of carbonyl (C=O) groups excluding carboxylic acids is 3. The van der Waals surface area contributed by atoms with Crippen molar-refractivity contribution < 1.29 is 57.3 Å². The molecule has 0 bridgehead atoms. The number of rotatable bonds is 9. The van der Waals surface area contributed by atoms with Crippen LogP contribution >= 0.6 is 7.82 Å². The van der Waals surface area contributed by atoms with Gasteiger partial charge in [0, 0.05) is 72.8 Å². The van der Waals surface area contributed by atoms with E-state index >= 15 is 0 Å². The molecule has 2 aliphatic carbocycles. The van der Waals surface area contributed by atoms with Gasteiger partial charge in [0.15, 0.2) is 6.10 Å². The van der Waals surface area contributed by atoms with Gasteiger partial charge in [0.25, 0.3) is 17.9 Å². The number of hydrogen-bond donors (Lipinski definition) is 5. The largest absolute Gasteiger partial charge is 0.524 e. The van der Waals surface area contributed by atoms with Gasteiger partial charge in [-0.3, -0.25) is 29.1 Å². The van der Waals surface area contributed by atoms with Crippen molar-refractivity contribution in [2.24, 2.45) is 5.41 Å². The van der Waals surface area contributed by atoms with E-state index in [0.29, 0.717) is 54.1 Å². The third kappa shape index (κ3) is 8.68. The second-order valence-electron chi connectivity index (χ2n) is 19.3. The van der Waals surface area contributed by atoms with Gasteiger partial charge >= 0.3 is 13.8 Å². The molecule has 70 heavy (non-hydrogen) atoms. The summed E-state index contributed by atoms with van der Waals surface area (Å²) in [6.45, 7) is 13.8. The van der Waals surface area contributed by atoms with Gasteiger partial charge in [0.1, 0.15) is 30.0 Å². The molecule has 2 unspecified atom stereocenters. The van der Waals surface area contributed by atoms with E-state index in [1.807, 2.05) is 40.8 Å². The molecule has 1 spiro atoms. The van der Waals surface area contributed by atoms with Gasteiger partial charge in [-0.15, -0.1) is 0 Å². The highest BCUT2D eigenvalue weighted by Gasteiger charge is 2.53. The summed E-state index contributed by atoms with van der Waals surface area (Å²) in [5.41, 5.74) is 9.62. The number of fused-ring (bicyclic) bond motifs is 6. The quantitative estimate of drug-likeness (QED) is 0.0594. The lowest BCUT2D eigenvalue weighted by molar-refractivity contribution is -0.165. The summed E-state index contributed by atoms with van der Waals surface area (Å²) in [6.07, 6.45) is 2.01. The SMILES string of the molecule is CC.CC(C)c1cc(C(=O)N2Cc3ccc(CN4CC5(CC(OC=O)C5)C4)cc3C2)c(O)cc1OP(=O)(O)O.CNC1CCc2c(C)c(F)cc3nc4c(c1c23)Cn1c-4cc2c(c1=O)COC(=O)C2O. The number of cyclic esters (lactones) is 1. The number of aryl methyl sites for hydroxylation is 1. The normalized spacial score (nSPS) is 19.4. The molecule has 19 heteroatoms. The molecule has 1 saturated heterocycles. The van der Waals surface area contributed by atoms with Crippen LogP contribution in [0.25, 0.3) is 22.3 Å². The Morgan fingerprint density at radius 1 is 1.04 bits per heavy atom. The summed E-state index contributed by atoms with van der Waals surface area (Å²) >= 11 is 0. The number of nitrogens with one attached hydrogen (secondary N) is 1. The van der Waals surface area contributed by atoms with Gasteiger partial charge in [-0.1, -0.05) is 45.9 Å². The molecule has 6 aliphatic rings. The van der Waals surface area contributed by atoms with E-state index in [9.17, 15) is 48.1 Å². The maximum absolute atomic E-state index is 14.7. The highest BCUT2D eigenvalue weighted by Crippen LogP contribution is 2.50. The Morgan fingerprint density at radius 2 is 1.77 bits per heavy atom. The Kier molecular flexibility index (Phi) is 13.0. The number of aromatic hydroxyl groups is 1. The molecule has 2 atom stereocenters. The lowest BCUT2D eigenvalue weighted by Gasteiger charge is -2.58. The Hall–Kier alpha value is -6.01. The lowest BCUT2D eigenvalue weighted by Crippen LogP contribution is -2.63. The molecular formula is C51H57FN5O12P. The standard InChI is InChI=1S/C26H31N2O8P.C23H20FN3O4.C2H6/c1-16(2)21-6-22(23(30)7-24(21)36-37(32,33)34)25(31)28-11-18-4-3-17(5-19(18)12-28)10-27-13-26(14-27)8-20(9-26)35-15-29;1-9-10-3-4-15(25-2)19-12-7-27-17(20(12)26-16(18(10)19)6-14(9)24)5-11-13(22(27)29)8-31-23(30)21(11)28;1-2/h3-7,15-16,20,30H,8-14H2,1-2H3,(H2,32,33,34);5-6,15,21,25,28H,3-4,7-8H2,1-2H3;1-2H3.